The molecule has 7 N–H and O–H groups in total. The third kappa shape index (κ3) is 5.69. The van der Waals surface area contributed by atoms with Gasteiger partial charge >= 0.3 is 15.6 Å². The molecule has 9 atom stereocenters. The van der Waals surface area contributed by atoms with Gasteiger partial charge in [-0.05, 0) is 0 Å². The van der Waals surface area contributed by atoms with Gasteiger partial charge in [-0.25, -0.2) is 28.5 Å². The van der Waals surface area contributed by atoms with Crippen molar-refractivity contribution in [1.29, 1.82) is 0 Å². The lowest BCUT2D eigenvalue weighted by Crippen LogP contribution is -2.33. The minimum atomic E-state index is -5.27. The normalized spacial score (nSPS) is 34.7. The van der Waals surface area contributed by atoms with Gasteiger partial charge in [-0.15, -0.1) is 0 Å². The monoisotopic (exact) mass is 545 g/mol. The number of nitrogens with zero attached hydrogens (tertiary/aromatic N) is 4. The summed E-state index contributed by atoms with van der Waals surface area (Å²) in [6, 6.07) is 0. The van der Waals surface area contributed by atoms with Gasteiger partial charge in [0, 0.05) is 0 Å². The lowest BCUT2D eigenvalue weighted by Gasteiger charge is -2.20. The zero-order chi connectivity index (χ0) is 25.5. The summed E-state index contributed by atoms with van der Waals surface area (Å²) in [7, 11) is -10.5. The van der Waals surface area contributed by atoms with Crippen LogP contribution in [0.1, 0.15) is 6.23 Å². The van der Waals surface area contributed by atoms with Gasteiger partial charge in [0.05, 0.1) is 26.1 Å². The van der Waals surface area contributed by atoms with Crippen molar-refractivity contribution in [2.45, 2.75) is 42.9 Å². The highest BCUT2D eigenvalue weighted by molar-refractivity contribution is 7.61. The fourth-order valence-corrected chi connectivity index (χ4v) is 5.55. The molecule has 0 radical (unpaired) electrons. The number of aliphatic hydroxyl groups excluding tert-OH is 3. The number of aliphatic hydroxyl groups is 3. The molecule has 4 rings (SSSR count). The second kappa shape index (κ2) is 10.0. The number of imidazole rings is 1. The van der Waals surface area contributed by atoms with E-state index < -0.39 is 78.4 Å². The van der Waals surface area contributed by atoms with Gasteiger partial charge in [0.2, 0.25) is 0 Å². The van der Waals surface area contributed by atoms with Crippen LogP contribution in [-0.4, -0.2) is 101 Å². The number of nitrogens with two attached hydrogens (primary N) is 1. The topological polar surface area (TPSA) is 251 Å². The van der Waals surface area contributed by atoms with E-state index in [0.717, 1.165) is 6.33 Å². The van der Waals surface area contributed by atoms with Crippen molar-refractivity contribution in [2.75, 3.05) is 25.6 Å². The van der Waals surface area contributed by atoms with Crippen LogP contribution < -0.4 is 5.73 Å². The molecule has 0 amide bonds. The lowest BCUT2D eigenvalue weighted by atomic mass is 10.1. The molecule has 0 spiro atoms. The summed E-state index contributed by atoms with van der Waals surface area (Å²) in [5.74, 6) is 0.0641. The number of halogens is 1. The summed E-state index contributed by atoms with van der Waals surface area (Å²) in [5.41, 5.74) is 6.10. The molecule has 2 aromatic rings. The van der Waals surface area contributed by atoms with E-state index in [1.807, 2.05) is 0 Å². The molecule has 2 saturated heterocycles. The second-order valence-corrected chi connectivity index (χ2v) is 10.7. The average Bonchev–Trinajstić information content (AvgIpc) is 3.43. The molecule has 2 fully saturated rings. The molecule has 20 heteroatoms. The molecule has 2 aliphatic rings. The number of phosphoric acid groups is 2. The van der Waals surface area contributed by atoms with Crippen molar-refractivity contribution in [3.05, 3.63) is 12.7 Å². The number of ether oxygens (including phenoxy) is 2. The molecule has 0 aliphatic carbocycles. The van der Waals surface area contributed by atoms with Crippen molar-refractivity contribution in [3.63, 3.8) is 0 Å². The lowest BCUT2D eigenvalue weighted by molar-refractivity contribution is -0.0506. The summed E-state index contributed by atoms with van der Waals surface area (Å²) in [4.78, 5) is 31.2. The number of alkyl halides is 1. The van der Waals surface area contributed by atoms with Crippen LogP contribution in [0.25, 0.3) is 11.2 Å². The van der Waals surface area contributed by atoms with Gasteiger partial charge in [0.25, 0.3) is 0 Å². The minimum Gasteiger partial charge on any atom is -0.387 e. The molecule has 4 heterocycles. The van der Waals surface area contributed by atoms with Crippen LogP contribution in [0.4, 0.5) is 10.2 Å². The van der Waals surface area contributed by atoms with Gasteiger partial charge in [-0.2, -0.15) is 4.31 Å². The predicted octanol–water partition coefficient (Wildman–Crippen LogP) is -1.62. The van der Waals surface area contributed by atoms with Crippen molar-refractivity contribution in [1.82, 2.24) is 19.5 Å². The Morgan fingerprint density at radius 3 is 2.34 bits per heavy atom. The quantitative estimate of drug-likeness (QED) is 0.194. The van der Waals surface area contributed by atoms with Crippen molar-refractivity contribution >= 4 is 32.6 Å². The molecule has 17 nitrogen and oxygen atoms in total. The Balaban J connectivity index is 1.34. The molecular formula is C15H22FN5O12P2. The maximum absolute atomic E-state index is 13.2. The van der Waals surface area contributed by atoms with Gasteiger partial charge in [0.1, 0.15) is 42.4 Å². The first-order valence-corrected chi connectivity index (χ1v) is 12.9. The Kier molecular flexibility index (Phi) is 7.55. The third-order valence-electron chi connectivity index (χ3n) is 5.23. The predicted molar refractivity (Wildman–Crippen MR) is 109 cm³/mol. The van der Waals surface area contributed by atoms with E-state index in [0.29, 0.717) is 0 Å². The maximum Gasteiger partial charge on any atom is 0.481 e. The Morgan fingerprint density at radius 1 is 1.06 bits per heavy atom. The summed E-state index contributed by atoms with van der Waals surface area (Å²) in [6.45, 7) is -2.14. The number of aromatic nitrogens is 4. The zero-order valence-corrected chi connectivity index (χ0v) is 19.3. The second-order valence-electron chi connectivity index (χ2n) is 7.62. The van der Waals surface area contributed by atoms with E-state index in [-0.39, 0.29) is 17.0 Å². The largest absolute Gasteiger partial charge is 0.481 e. The SMILES string of the molecule is Nc1ncnc2c1ncn2[C@@H]1O[C@H](COP(=O)(O)OP(=O)(O)OC[C@H]2OC[C@H](F)[C@@H]2O)[C@@H](O)[C@H]1O. The number of nitrogen functional groups attached to an aromatic ring is 1. The molecule has 2 aromatic heterocycles. The van der Waals surface area contributed by atoms with E-state index >= 15 is 0 Å². The first-order chi connectivity index (χ1) is 16.4. The smallest absolute Gasteiger partial charge is 0.387 e. The molecule has 2 unspecified atom stereocenters. The molecule has 0 aromatic carbocycles. The Morgan fingerprint density at radius 2 is 1.71 bits per heavy atom. The fraction of sp³-hybridized carbons (Fsp3) is 0.667. The fourth-order valence-electron chi connectivity index (χ4n) is 3.46. The van der Waals surface area contributed by atoms with Gasteiger partial charge in [-0.3, -0.25) is 13.6 Å². The van der Waals surface area contributed by atoms with Crippen molar-refractivity contribution < 1.29 is 61.5 Å². The molecule has 0 saturated carbocycles. The van der Waals surface area contributed by atoms with Crippen LogP contribution in [0, 0.1) is 0 Å². The highest BCUT2D eigenvalue weighted by Gasteiger charge is 2.46. The summed E-state index contributed by atoms with van der Waals surface area (Å²) in [5, 5.41) is 30.2. The number of hydrogen-bond donors (Lipinski definition) is 6. The maximum atomic E-state index is 13.2. The number of phosphoric ester groups is 2. The highest BCUT2D eigenvalue weighted by Crippen LogP contribution is 2.60. The third-order valence-corrected chi connectivity index (χ3v) is 7.83. The molecule has 196 valence electrons. The number of rotatable bonds is 9. The van der Waals surface area contributed by atoms with E-state index in [2.05, 4.69) is 28.3 Å². The first kappa shape index (κ1) is 26.4. The summed E-state index contributed by atoms with van der Waals surface area (Å²) < 4.78 is 62.1. The van der Waals surface area contributed by atoms with Crippen LogP contribution in [0.15, 0.2) is 12.7 Å². The van der Waals surface area contributed by atoms with Crippen LogP contribution in [0.3, 0.4) is 0 Å². The number of hydrogen-bond acceptors (Lipinski definition) is 14. The Bertz CT molecular complexity index is 1160. The number of anilines is 1. The van der Waals surface area contributed by atoms with Gasteiger partial charge < -0.3 is 40.3 Å². The zero-order valence-electron chi connectivity index (χ0n) is 17.5. The van der Waals surface area contributed by atoms with Gasteiger partial charge in [0.15, 0.2) is 23.9 Å². The van der Waals surface area contributed by atoms with Crippen molar-refractivity contribution in [2.24, 2.45) is 0 Å². The van der Waals surface area contributed by atoms with Crippen LogP contribution in [0.5, 0.6) is 0 Å². The Labute approximate surface area is 195 Å². The molecule has 2 aliphatic heterocycles. The standard InChI is InChI=1S/C15H22FN5O12P2/c16-6-1-29-7(10(6)22)2-30-34(25,26)33-35(27,28)31-3-8-11(23)12(24)15(32-8)21-5-20-9-13(17)18-4-19-14(9)21/h4-8,10-12,15,22-24H,1-3H2,(H,25,26)(H,27,28)(H2,17,18,19)/t6-,7+,8+,10-,11+,12+,15+/m0/s1. The van der Waals surface area contributed by atoms with E-state index in [4.69, 9.17) is 15.2 Å². The van der Waals surface area contributed by atoms with E-state index in [1.165, 1.54) is 10.9 Å². The van der Waals surface area contributed by atoms with Crippen LogP contribution >= 0.6 is 15.6 Å². The average molecular weight is 545 g/mol. The number of fused-ring (bicyclic) bond motifs is 1. The first-order valence-electron chi connectivity index (χ1n) is 9.93. The van der Waals surface area contributed by atoms with Gasteiger partial charge in [-0.1, -0.05) is 0 Å². The highest BCUT2D eigenvalue weighted by atomic mass is 31.3. The van der Waals surface area contributed by atoms with Crippen molar-refractivity contribution in [3.8, 4) is 0 Å². The molecular weight excluding hydrogens is 523 g/mol. The van der Waals surface area contributed by atoms with Crippen LogP contribution in [-0.2, 0) is 32.0 Å². The van der Waals surface area contributed by atoms with E-state index in [9.17, 15) is 38.6 Å². The molecule has 35 heavy (non-hydrogen) atoms. The van der Waals surface area contributed by atoms with Crippen LogP contribution in [0.2, 0.25) is 0 Å². The molecule has 0 bridgehead atoms. The Hall–Kier alpha value is -1.66. The summed E-state index contributed by atoms with van der Waals surface area (Å²) >= 11 is 0. The summed E-state index contributed by atoms with van der Waals surface area (Å²) in [6.07, 6.45) is -8.08. The van der Waals surface area contributed by atoms with E-state index in [1.54, 1.807) is 0 Å². The minimum absolute atomic E-state index is 0.0641.